The topological polar surface area (TPSA) is 96.0 Å². The summed E-state index contributed by atoms with van der Waals surface area (Å²) in [5.74, 6) is 0. The Kier molecular flexibility index (Phi) is 6.86. The first kappa shape index (κ1) is 14.0. The largest absolute Gasteiger partial charge is 0.495 e. The molecular weight excluding hydrogens is 378 g/mol. The molecule has 0 spiro atoms. The quantitative estimate of drug-likeness (QED) is 0.422. The van der Waals surface area contributed by atoms with Crippen LogP contribution in [0.3, 0.4) is 0 Å². The van der Waals surface area contributed by atoms with E-state index < -0.39 is 12.0 Å². The van der Waals surface area contributed by atoms with Gasteiger partial charge in [0.1, 0.15) is 0 Å². The molecule has 0 saturated heterocycles. The van der Waals surface area contributed by atoms with E-state index in [1.807, 2.05) is 0 Å². The molecule has 0 amide bonds. The Bertz CT molecular complexity index is 352. The summed E-state index contributed by atoms with van der Waals surface area (Å²) in [6.07, 6.45) is 0. The fourth-order valence-electron chi connectivity index (χ4n) is 0.872. The van der Waals surface area contributed by atoms with Crippen molar-refractivity contribution in [1.82, 2.24) is 0 Å². The number of nitro groups is 1. The van der Waals surface area contributed by atoms with Crippen molar-refractivity contribution in [2.24, 2.45) is 3.72 Å². The normalized spacial score (nSPS) is 8.47. The van der Waals surface area contributed by atoms with E-state index in [2.05, 4.69) is 3.72 Å². The number of hydrogen-bond donors (Lipinski definition) is 2. The molecule has 0 fully saturated rings. The molecule has 15 heavy (non-hydrogen) atoms. The van der Waals surface area contributed by atoms with Gasteiger partial charge in [0, 0.05) is 6.07 Å². The Morgan fingerprint density at radius 3 is 2.27 bits per heavy atom. The summed E-state index contributed by atoms with van der Waals surface area (Å²) in [5.41, 5.74) is -0.380. The molecule has 0 atom stereocenters. The third kappa shape index (κ3) is 4.87. The molecular formula is C6H6BFN2O4W. The molecule has 0 aliphatic carbocycles. The minimum absolute atomic E-state index is 0.0949. The Morgan fingerprint density at radius 2 is 1.93 bits per heavy atom. The van der Waals surface area contributed by atoms with Gasteiger partial charge in [-0.3, -0.25) is 10.1 Å². The number of hydrogen-bond acceptors (Lipinski definition) is 5. The van der Waals surface area contributed by atoms with Crippen LogP contribution in [0.25, 0.3) is 0 Å². The molecule has 80 valence electrons. The van der Waals surface area contributed by atoms with E-state index in [-0.39, 0.29) is 11.2 Å². The second kappa shape index (κ2) is 7.33. The maximum atomic E-state index is 10.3. The van der Waals surface area contributed by atoms with E-state index >= 15 is 0 Å². The first-order valence-corrected chi connectivity index (χ1v) is 4.88. The Morgan fingerprint density at radius 1 is 1.47 bits per heavy atom. The zero-order valence-electron chi connectivity index (χ0n) is 7.28. The number of para-hydroxylation sites is 1. The molecule has 1 aromatic carbocycles. The van der Waals surface area contributed by atoms with Crippen molar-refractivity contribution < 1.29 is 39.1 Å². The van der Waals surface area contributed by atoms with Crippen LogP contribution >= 0.6 is 0 Å². The van der Waals surface area contributed by atoms with Crippen molar-refractivity contribution >= 4 is 18.3 Å². The molecule has 0 saturated carbocycles. The van der Waals surface area contributed by atoms with Crippen LogP contribution in [-0.2, 0) is 19.6 Å². The SMILES string of the molecule is F[N]=[W].O=[N+]([O-])c1ccccc1B(O)O. The van der Waals surface area contributed by atoms with Crippen LogP contribution in [-0.4, -0.2) is 22.1 Å². The van der Waals surface area contributed by atoms with Gasteiger partial charge in [0.2, 0.25) is 0 Å². The average molecular weight is 384 g/mol. The van der Waals surface area contributed by atoms with Gasteiger partial charge >= 0.3 is 34.9 Å². The van der Waals surface area contributed by atoms with Crippen LogP contribution in [0, 0.1) is 10.1 Å². The van der Waals surface area contributed by atoms with Crippen molar-refractivity contribution in [3.05, 3.63) is 34.4 Å². The van der Waals surface area contributed by atoms with Gasteiger partial charge in [-0.1, -0.05) is 18.2 Å². The van der Waals surface area contributed by atoms with E-state index in [4.69, 9.17) is 10.0 Å². The van der Waals surface area contributed by atoms with Crippen LogP contribution < -0.4 is 5.46 Å². The molecule has 0 bridgehead atoms. The molecule has 2 N–H and O–H groups in total. The average Bonchev–Trinajstić information content (AvgIpc) is 2.19. The summed E-state index contributed by atoms with van der Waals surface area (Å²) in [7, 11) is -1.80. The first-order chi connectivity index (χ1) is 7.04. The standard InChI is InChI=1S/C6H6BNO4.FN.W/c9-7(10)5-3-1-2-4-6(5)8(11)12;1-2;/h1-4,9-10H;;. The number of nitrogens with zero attached hydrogens (tertiary/aromatic N) is 2. The third-order valence-corrected chi connectivity index (χ3v) is 1.41. The van der Waals surface area contributed by atoms with Gasteiger partial charge in [0.25, 0.3) is 5.69 Å². The molecule has 1 aromatic rings. The minimum atomic E-state index is -1.80. The van der Waals surface area contributed by atoms with Gasteiger partial charge in [-0.05, 0) is 0 Å². The molecule has 1 rings (SSSR count). The zero-order valence-corrected chi connectivity index (χ0v) is 10.2. The molecule has 0 radical (unpaired) electrons. The minimum Gasteiger partial charge on any atom is -0.423 e. The maximum absolute atomic E-state index is 10.3. The second-order valence-electron chi connectivity index (χ2n) is 2.26. The zero-order chi connectivity index (χ0) is 11.8. The predicted molar refractivity (Wildman–Crippen MR) is 46.5 cm³/mol. The van der Waals surface area contributed by atoms with Gasteiger partial charge in [-0.25, -0.2) is 0 Å². The van der Waals surface area contributed by atoms with Crippen LogP contribution in [0.4, 0.5) is 10.2 Å². The second-order valence-corrected chi connectivity index (χ2v) is 2.75. The molecule has 6 nitrogen and oxygen atoms in total. The maximum Gasteiger partial charge on any atom is 0.495 e. The third-order valence-electron chi connectivity index (χ3n) is 1.41. The summed E-state index contributed by atoms with van der Waals surface area (Å²) in [4.78, 5) is 9.65. The summed E-state index contributed by atoms with van der Waals surface area (Å²) in [6.45, 7) is 0. The van der Waals surface area contributed by atoms with Crippen LogP contribution in [0.1, 0.15) is 0 Å². The summed E-state index contributed by atoms with van der Waals surface area (Å²) in [6, 6.07) is 5.48. The van der Waals surface area contributed by atoms with Gasteiger partial charge in [-0.15, -0.1) is 0 Å². The number of halogens is 1. The molecule has 0 aliphatic rings. The van der Waals surface area contributed by atoms with E-state index in [0.717, 1.165) is 0 Å². The first-order valence-electron chi connectivity index (χ1n) is 3.57. The number of rotatable bonds is 2. The summed E-state index contributed by atoms with van der Waals surface area (Å²) in [5, 5.41) is 27.7. The van der Waals surface area contributed by atoms with E-state index in [1.165, 1.54) is 24.3 Å². The molecule has 9 heteroatoms. The molecule has 0 unspecified atom stereocenters. The van der Waals surface area contributed by atoms with Crippen molar-refractivity contribution in [1.29, 1.82) is 0 Å². The Hall–Kier alpha value is -0.977. The van der Waals surface area contributed by atoms with E-state index in [9.17, 15) is 14.6 Å². The van der Waals surface area contributed by atoms with Crippen molar-refractivity contribution in [3.8, 4) is 0 Å². The van der Waals surface area contributed by atoms with Crippen LogP contribution in [0.5, 0.6) is 0 Å². The van der Waals surface area contributed by atoms with Crippen molar-refractivity contribution in [2.45, 2.75) is 0 Å². The molecule has 0 aliphatic heterocycles. The molecule has 0 aromatic heterocycles. The van der Waals surface area contributed by atoms with Gasteiger partial charge in [0.15, 0.2) is 0 Å². The van der Waals surface area contributed by atoms with Gasteiger partial charge in [0.05, 0.1) is 10.4 Å². The van der Waals surface area contributed by atoms with Crippen LogP contribution in [0.15, 0.2) is 28.0 Å². The fraction of sp³-hybridized carbons (Fsp3) is 0. The fourth-order valence-corrected chi connectivity index (χ4v) is 0.872. The Labute approximate surface area is 95.7 Å². The van der Waals surface area contributed by atoms with E-state index in [0.29, 0.717) is 19.6 Å². The van der Waals surface area contributed by atoms with Gasteiger partial charge in [-0.2, -0.15) is 0 Å². The van der Waals surface area contributed by atoms with Crippen molar-refractivity contribution in [2.75, 3.05) is 0 Å². The van der Waals surface area contributed by atoms with Crippen LogP contribution in [0.2, 0.25) is 0 Å². The predicted octanol–water partition coefficient (Wildman–Crippen LogP) is -0.124. The summed E-state index contributed by atoms with van der Waals surface area (Å²) < 4.78 is 12.0. The monoisotopic (exact) mass is 384 g/mol. The van der Waals surface area contributed by atoms with Gasteiger partial charge < -0.3 is 10.0 Å². The number of benzene rings is 1. The Balaban J connectivity index is 0.000000583. The summed E-state index contributed by atoms with van der Waals surface area (Å²) >= 11 is 0.630. The van der Waals surface area contributed by atoms with Crippen molar-refractivity contribution in [3.63, 3.8) is 0 Å². The molecule has 0 heterocycles. The number of nitro benzene ring substituents is 1. The smallest absolute Gasteiger partial charge is 0.423 e. The van der Waals surface area contributed by atoms with E-state index in [1.54, 1.807) is 0 Å².